The van der Waals surface area contributed by atoms with Crippen molar-refractivity contribution >= 4 is 0 Å². The van der Waals surface area contributed by atoms with E-state index in [1.807, 2.05) is 35.9 Å². The van der Waals surface area contributed by atoms with Crippen molar-refractivity contribution in [1.82, 2.24) is 29.4 Å². The number of nitrogens with zero attached hydrogens (tertiary/aromatic N) is 6. The highest BCUT2D eigenvalue weighted by Crippen LogP contribution is 2.19. The van der Waals surface area contributed by atoms with Crippen molar-refractivity contribution in [3.8, 4) is 0 Å². The van der Waals surface area contributed by atoms with Gasteiger partial charge < -0.3 is 0 Å². The number of hydrogen-bond donors (Lipinski definition) is 0. The third-order valence-electron chi connectivity index (χ3n) is 4.62. The Kier molecular flexibility index (Phi) is 5.13. The molecule has 1 fully saturated rings. The molecule has 1 saturated heterocycles. The summed E-state index contributed by atoms with van der Waals surface area (Å²) in [6.07, 6.45) is 10.7. The van der Waals surface area contributed by atoms with E-state index in [0.29, 0.717) is 6.04 Å². The smallest absolute Gasteiger partial charge is 0.0534 e. The molecular formula is C17H28N6. The van der Waals surface area contributed by atoms with Crippen molar-refractivity contribution in [3.63, 3.8) is 0 Å². The summed E-state index contributed by atoms with van der Waals surface area (Å²) in [5.41, 5.74) is 2.62. The van der Waals surface area contributed by atoms with Crippen LogP contribution in [0.3, 0.4) is 0 Å². The lowest BCUT2D eigenvalue weighted by atomic mass is 10.1. The van der Waals surface area contributed by atoms with Crippen LogP contribution in [0.25, 0.3) is 0 Å². The molecule has 23 heavy (non-hydrogen) atoms. The van der Waals surface area contributed by atoms with Crippen LogP contribution in [0.1, 0.15) is 30.9 Å². The average Bonchev–Trinajstić information content (AvgIpc) is 3.11. The van der Waals surface area contributed by atoms with Gasteiger partial charge >= 0.3 is 0 Å². The van der Waals surface area contributed by atoms with Gasteiger partial charge in [-0.1, -0.05) is 13.3 Å². The highest BCUT2D eigenvalue weighted by atomic mass is 15.3. The Morgan fingerprint density at radius 1 is 1.00 bits per heavy atom. The molecule has 1 unspecified atom stereocenters. The van der Waals surface area contributed by atoms with Crippen LogP contribution < -0.4 is 0 Å². The van der Waals surface area contributed by atoms with Crippen LogP contribution in [0.15, 0.2) is 24.8 Å². The summed E-state index contributed by atoms with van der Waals surface area (Å²) in [6.45, 7) is 7.69. The Labute approximate surface area is 138 Å². The van der Waals surface area contributed by atoms with Crippen LogP contribution in [0.5, 0.6) is 0 Å². The third kappa shape index (κ3) is 4.20. The number of piperazine rings is 1. The lowest BCUT2D eigenvalue weighted by molar-refractivity contribution is 0.0591. The van der Waals surface area contributed by atoms with Crippen LogP contribution in [0.2, 0.25) is 0 Å². The molecule has 0 radical (unpaired) electrons. The molecule has 6 nitrogen and oxygen atoms in total. The zero-order valence-corrected chi connectivity index (χ0v) is 14.5. The second kappa shape index (κ2) is 7.27. The maximum Gasteiger partial charge on any atom is 0.0534 e. The Balaban J connectivity index is 1.60. The van der Waals surface area contributed by atoms with Crippen LogP contribution in [0, 0.1) is 0 Å². The molecule has 1 aliphatic rings. The molecule has 0 aromatic carbocycles. The van der Waals surface area contributed by atoms with Crippen molar-refractivity contribution in [1.29, 1.82) is 0 Å². The highest BCUT2D eigenvalue weighted by Gasteiger charge is 2.26. The van der Waals surface area contributed by atoms with Crippen molar-refractivity contribution in [2.75, 3.05) is 19.6 Å². The van der Waals surface area contributed by atoms with Gasteiger partial charge in [0.05, 0.1) is 12.4 Å². The Hall–Kier alpha value is -1.66. The van der Waals surface area contributed by atoms with Gasteiger partial charge in [0.1, 0.15) is 0 Å². The van der Waals surface area contributed by atoms with Gasteiger partial charge in [-0.15, -0.1) is 0 Å². The SMILES string of the molecule is CCCC1CN(Cc2cnn(C)c2)CCN1Cc1cnn(C)c1. The van der Waals surface area contributed by atoms with E-state index in [4.69, 9.17) is 0 Å². The predicted octanol–water partition coefficient (Wildman–Crippen LogP) is 1.64. The Morgan fingerprint density at radius 3 is 2.22 bits per heavy atom. The third-order valence-corrected chi connectivity index (χ3v) is 4.62. The molecule has 1 atom stereocenters. The maximum absolute atomic E-state index is 4.30. The fourth-order valence-electron chi connectivity index (χ4n) is 3.52. The van der Waals surface area contributed by atoms with E-state index in [-0.39, 0.29) is 0 Å². The molecular weight excluding hydrogens is 288 g/mol. The van der Waals surface area contributed by atoms with Crippen LogP contribution in [-0.4, -0.2) is 55.0 Å². The van der Waals surface area contributed by atoms with E-state index in [1.54, 1.807) is 0 Å². The van der Waals surface area contributed by atoms with E-state index in [9.17, 15) is 0 Å². The summed E-state index contributed by atoms with van der Waals surface area (Å²) in [6, 6.07) is 0.630. The molecule has 126 valence electrons. The molecule has 3 rings (SSSR count). The number of hydrogen-bond acceptors (Lipinski definition) is 4. The molecule has 0 saturated carbocycles. The minimum Gasteiger partial charge on any atom is -0.296 e. The fourth-order valence-corrected chi connectivity index (χ4v) is 3.52. The Bertz CT molecular complexity index is 616. The van der Waals surface area contributed by atoms with Gasteiger partial charge in [0.2, 0.25) is 0 Å². The van der Waals surface area contributed by atoms with Crippen molar-refractivity contribution < 1.29 is 0 Å². The van der Waals surface area contributed by atoms with Gasteiger partial charge in [-0.3, -0.25) is 19.2 Å². The largest absolute Gasteiger partial charge is 0.296 e. The topological polar surface area (TPSA) is 42.1 Å². The van der Waals surface area contributed by atoms with Gasteiger partial charge in [0.15, 0.2) is 0 Å². The first-order valence-electron chi connectivity index (χ1n) is 8.55. The summed E-state index contributed by atoms with van der Waals surface area (Å²) in [5.74, 6) is 0. The minimum absolute atomic E-state index is 0.630. The van der Waals surface area contributed by atoms with E-state index < -0.39 is 0 Å². The first-order chi connectivity index (χ1) is 11.1. The predicted molar refractivity (Wildman–Crippen MR) is 90.8 cm³/mol. The van der Waals surface area contributed by atoms with Crippen molar-refractivity contribution in [2.45, 2.75) is 38.9 Å². The summed E-state index contributed by atoms with van der Waals surface area (Å²) in [4.78, 5) is 5.19. The van der Waals surface area contributed by atoms with E-state index >= 15 is 0 Å². The summed E-state index contributed by atoms with van der Waals surface area (Å²) in [5, 5.41) is 8.58. The number of aryl methyl sites for hydroxylation is 2. The van der Waals surface area contributed by atoms with Gasteiger partial charge in [0, 0.05) is 76.4 Å². The van der Waals surface area contributed by atoms with Gasteiger partial charge in [0.25, 0.3) is 0 Å². The summed E-state index contributed by atoms with van der Waals surface area (Å²) < 4.78 is 3.78. The fraction of sp³-hybridized carbons (Fsp3) is 0.647. The molecule has 2 aromatic rings. The van der Waals surface area contributed by atoms with Crippen molar-refractivity contribution in [3.05, 3.63) is 35.9 Å². The molecule has 0 amide bonds. The van der Waals surface area contributed by atoms with Gasteiger partial charge in [-0.25, -0.2) is 0 Å². The lowest BCUT2D eigenvalue weighted by Crippen LogP contribution is -2.52. The van der Waals surface area contributed by atoms with Gasteiger partial charge in [-0.2, -0.15) is 10.2 Å². The van der Waals surface area contributed by atoms with E-state index in [2.05, 4.69) is 39.3 Å². The standard InChI is InChI=1S/C17H28N6/c1-4-5-17-14-22(12-15-8-18-20(2)10-15)6-7-23(17)13-16-9-19-21(3)11-16/h8-11,17H,4-7,12-14H2,1-3H3. The van der Waals surface area contributed by atoms with E-state index in [1.165, 1.54) is 24.0 Å². The summed E-state index contributed by atoms with van der Waals surface area (Å²) >= 11 is 0. The highest BCUT2D eigenvalue weighted by molar-refractivity contribution is 5.06. The monoisotopic (exact) mass is 316 g/mol. The summed E-state index contributed by atoms with van der Waals surface area (Å²) in [7, 11) is 3.97. The first-order valence-corrected chi connectivity index (χ1v) is 8.55. The average molecular weight is 316 g/mol. The Morgan fingerprint density at radius 2 is 1.65 bits per heavy atom. The van der Waals surface area contributed by atoms with Crippen LogP contribution >= 0.6 is 0 Å². The number of aromatic nitrogens is 4. The van der Waals surface area contributed by atoms with E-state index in [0.717, 1.165) is 32.7 Å². The normalized spacial score (nSPS) is 20.2. The second-order valence-corrected chi connectivity index (χ2v) is 6.69. The molecule has 0 N–H and O–H groups in total. The molecule has 1 aliphatic heterocycles. The molecule has 2 aromatic heterocycles. The molecule has 0 spiro atoms. The lowest BCUT2D eigenvalue weighted by Gasteiger charge is -2.41. The van der Waals surface area contributed by atoms with Crippen molar-refractivity contribution in [2.24, 2.45) is 14.1 Å². The maximum atomic E-state index is 4.30. The van der Waals surface area contributed by atoms with Crippen LogP contribution in [0.4, 0.5) is 0 Å². The van der Waals surface area contributed by atoms with Gasteiger partial charge in [-0.05, 0) is 6.42 Å². The van der Waals surface area contributed by atoms with Crippen LogP contribution in [-0.2, 0) is 27.2 Å². The molecule has 3 heterocycles. The molecule has 0 aliphatic carbocycles. The molecule has 0 bridgehead atoms. The minimum atomic E-state index is 0.630. The molecule has 6 heteroatoms. The quantitative estimate of drug-likeness (QED) is 0.812. The second-order valence-electron chi connectivity index (χ2n) is 6.69. The number of rotatable bonds is 6. The zero-order valence-electron chi connectivity index (χ0n) is 14.5. The zero-order chi connectivity index (χ0) is 16.2. The first kappa shape index (κ1) is 16.2.